The number of benzene rings is 1. The van der Waals surface area contributed by atoms with E-state index in [-0.39, 0.29) is 6.79 Å². The lowest BCUT2D eigenvalue weighted by Gasteiger charge is -2.08. The molecule has 0 bridgehead atoms. The maximum Gasteiger partial charge on any atom is 0.320 e. The van der Waals surface area contributed by atoms with E-state index < -0.39 is 11.1 Å². The zero-order chi connectivity index (χ0) is 14.8. The number of hydrogen-bond donors (Lipinski definition) is 0. The van der Waals surface area contributed by atoms with Crippen LogP contribution >= 0.6 is 0 Å². The van der Waals surface area contributed by atoms with E-state index in [0.717, 1.165) is 0 Å². The molecule has 21 heavy (non-hydrogen) atoms. The van der Waals surface area contributed by atoms with E-state index in [2.05, 4.69) is 6.58 Å². The van der Waals surface area contributed by atoms with Crippen LogP contribution in [0.1, 0.15) is 6.42 Å². The van der Waals surface area contributed by atoms with E-state index >= 15 is 0 Å². The summed E-state index contributed by atoms with van der Waals surface area (Å²) in [5.74, 6) is 1.20. The zero-order valence-corrected chi connectivity index (χ0v) is 11.3. The summed E-state index contributed by atoms with van der Waals surface area (Å²) in [6, 6.07) is 5.10. The fourth-order valence-corrected chi connectivity index (χ4v) is 2.15. The SMILES string of the molecule is C=CCCn1ccn(-c2ccc3c(c2)OCO3)c(=O)c1=O. The highest BCUT2D eigenvalue weighted by atomic mass is 16.7. The van der Waals surface area contributed by atoms with E-state index in [1.54, 1.807) is 36.7 Å². The molecule has 108 valence electrons. The predicted molar refractivity (Wildman–Crippen MR) is 77.2 cm³/mol. The first-order valence-corrected chi connectivity index (χ1v) is 6.54. The third-order valence-corrected chi connectivity index (χ3v) is 3.27. The van der Waals surface area contributed by atoms with Crippen LogP contribution < -0.4 is 20.6 Å². The van der Waals surface area contributed by atoms with Gasteiger partial charge in [-0.25, -0.2) is 0 Å². The molecule has 6 heteroatoms. The van der Waals surface area contributed by atoms with Gasteiger partial charge in [0.1, 0.15) is 0 Å². The molecular formula is C15H14N2O4. The molecule has 1 aromatic carbocycles. The molecule has 2 heterocycles. The van der Waals surface area contributed by atoms with Gasteiger partial charge in [-0.05, 0) is 18.6 Å². The first kappa shape index (κ1) is 13.2. The molecule has 0 aliphatic carbocycles. The molecule has 2 aromatic rings. The van der Waals surface area contributed by atoms with Crippen molar-refractivity contribution in [2.24, 2.45) is 0 Å². The number of nitrogens with zero attached hydrogens (tertiary/aromatic N) is 2. The molecule has 0 amide bonds. The van der Waals surface area contributed by atoms with Gasteiger partial charge in [-0.15, -0.1) is 6.58 Å². The Hall–Kier alpha value is -2.76. The summed E-state index contributed by atoms with van der Waals surface area (Å²) >= 11 is 0. The molecule has 0 N–H and O–H groups in total. The lowest BCUT2D eigenvalue weighted by Crippen LogP contribution is -2.39. The fraction of sp³-hybridized carbons (Fsp3) is 0.200. The number of aryl methyl sites for hydroxylation is 1. The van der Waals surface area contributed by atoms with Crippen molar-refractivity contribution in [1.82, 2.24) is 9.13 Å². The van der Waals surface area contributed by atoms with Crippen LogP contribution in [0.3, 0.4) is 0 Å². The van der Waals surface area contributed by atoms with Gasteiger partial charge in [0.25, 0.3) is 0 Å². The molecule has 1 aliphatic heterocycles. The first-order valence-electron chi connectivity index (χ1n) is 6.54. The smallest absolute Gasteiger partial charge is 0.320 e. The third kappa shape index (κ3) is 2.35. The van der Waals surface area contributed by atoms with Crippen molar-refractivity contribution < 1.29 is 9.47 Å². The Bertz CT molecular complexity index is 804. The van der Waals surface area contributed by atoms with Gasteiger partial charge in [0.15, 0.2) is 11.5 Å². The largest absolute Gasteiger partial charge is 0.454 e. The van der Waals surface area contributed by atoms with E-state index in [1.807, 2.05) is 0 Å². The molecule has 0 saturated heterocycles. The second-order valence-corrected chi connectivity index (χ2v) is 4.59. The molecule has 0 unspecified atom stereocenters. The maximum absolute atomic E-state index is 12.2. The highest BCUT2D eigenvalue weighted by molar-refractivity contribution is 5.49. The van der Waals surface area contributed by atoms with Crippen molar-refractivity contribution in [3.8, 4) is 17.2 Å². The highest BCUT2D eigenvalue weighted by Gasteiger charge is 2.15. The second kappa shape index (κ2) is 5.32. The molecule has 0 fully saturated rings. The zero-order valence-electron chi connectivity index (χ0n) is 11.3. The summed E-state index contributed by atoms with van der Waals surface area (Å²) in [5.41, 5.74) is -0.588. The van der Waals surface area contributed by atoms with Crippen molar-refractivity contribution in [1.29, 1.82) is 0 Å². The molecule has 1 aliphatic rings. The quantitative estimate of drug-likeness (QED) is 0.628. The van der Waals surface area contributed by atoms with Crippen molar-refractivity contribution in [2.75, 3.05) is 6.79 Å². The van der Waals surface area contributed by atoms with E-state index in [1.165, 1.54) is 9.13 Å². The molecule has 0 saturated carbocycles. The Balaban J connectivity index is 2.03. The van der Waals surface area contributed by atoms with Gasteiger partial charge in [-0.1, -0.05) is 6.08 Å². The van der Waals surface area contributed by atoms with Gasteiger partial charge in [-0.3, -0.25) is 14.2 Å². The van der Waals surface area contributed by atoms with Crippen LogP contribution in [0.15, 0.2) is 52.8 Å². The van der Waals surface area contributed by atoms with Crippen LogP contribution in [-0.2, 0) is 6.54 Å². The Morgan fingerprint density at radius 1 is 1.14 bits per heavy atom. The number of aromatic nitrogens is 2. The van der Waals surface area contributed by atoms with Crippen molar-refractivity contribution in [2.45, 2.75) is 13.0 Å². The van der Waals surface area contributed by atoms with Gasteiger partial charge >= 0.3 is 11.1 Å². The van der Waals surface area contributed by atoms with Gasteiger partial charge < -0.3 is 14.0 Å². The Labute approximate surface area is 120 Å². The Kier molecular flexibility index (Phi) is 3.35. The Morgan fingerprint density at radius 2 is 1.95 bits per heavy atom. The van der Waals surface area contributed by atoms with E-state index in [4.69, 9.17) is 9.47 Å². The standard InChI is InChI=1S/C15H14N2O4/c1-2-3-6-16-7-8-17(15(19)14(16)18)11-4-5-12-13(9-11)21-10-20-12/h2,4-5,7-9H,1,3,6,10H2. The topological polar surface area (TPSA) is 62.5 Å². The van der Waals surface area contributed by atoms with Crippen LogP contribution in [0.5, 0.6) is 11.5 Å². The minimum absolute atomic E-state index is 0.164. The minimum atomic E-state index is -0.597. The number of allylic oxidation sites excluding steroid dienone is 1. The van der Waals surface area contributed by atoms with Crippen LogP contribution in [0.4, 0.5) is 0 Å². The molecule has 3 rings (SSSR count). The number of fused-ring (bicyclic) bond motifs is 1. The molecular weight excluding hydrogens is 272 g/mol. The second-order valence-electron chi connectivity index (χ2n) is 4.59. The number of ether oxygens (including phenoxy) is 2. The molecule has 6 nitrogen and oxygen atoms in total. The normalized spacial score (nSPS) is 12.4. The number of rotatable bonds is 4. The van der Waals surface area contributed by atoms with Gasteiger partial charge in [0.05, 0.1) is 5.69 Å². The maximum atomic E-state index is 12.2. The van der Waals surface area contributed by atoms with E-state index in [9.17, 15) is 9.59 Å². The van der Waals surface area contributed by atoms with Crippen LogP contribution in [0.25, 0.3) is 5.69 Å². The lowest BCUT2D eigenvalue weighted by molar-refractivity contribution is 0.174. The number of hydrogen-bond acceptors (Lipinski definition) is 4. The van der Waals surface area contributed by atoms with Gasteiger partial charge in [0.2, 0.25) is 6.79 Å². The summed E-state index contributed by atoms with van der Waals surface area (Å²) in [7, 11) is 0. The third-order valence-electron chi connectivity index (χ3n) is 3.27. The average molecular weight is 286 g/mol. The van der Waals surface area contributed by atoms with Crippen LogP contribution in [0, 0.1) is 0 Å². The summed E-state index contributed by atoms with van der Waals surface area (Å²) < 4.78 is 13.2. The summed E-state index contributed by atoms with van der Waals surface area (Å²) in [6.07, 6.45) is 5.51. The molecule has 1 aromatic heterocycles. The van der Waals surface area contributed by atoms with Crippen molar-refractivity contribution >= 4 is 0 Å². The minimum Gasteiger partial charge on any atom is -0.454 e. The molecule has 0 spiro atoms. The van der Waals surface area contributed by atoms with Crippen molar-refractivity contribution in [3.63, 3.8) is 0 Å². The van der Waals surface area contributed by atoms with E-state index in [0.29, 0.717) is 30.2 Å². The molecule has 0 atom stereocenters. The monoisotopic (exact) mass is 286 g/mol. The summed E-state index contributed by atoms with van der Waals surface area (Å²) in [4.78, 5) is 24.2. The molecule has 0 radical (unpaired) electrons. The average Bonchev–Trinajstić information content (AvgIpc) is 2.96. The fourth-order valence-electron chi connectivity index (χ4n) is 2.15. The van der Waals surface area contributed by atoms with Crippen LogP contribution in [-0.4, -0.2) is 15.9 Å². The lowest BCUT2D eigenvalue weighted by atomic mass is 10.2. The highest BCUT2D eigenvalue weighted by Crippen LogP contribution is 2.33. The van der Waals surface area contributed by atoms with Gasteiger partial charge in [0, 0.05) is 25.0 Å². The first-order chi connectivity index (χ1) is 10.2. The summed E-state index contributed by atoms with van der Waals surface area (Å²) in [5, 5.41) is 0. The predicted octanol–water partition coefficient (Wildman–Crippen LogP) is 1.30. The van der Waals surface area contributed by atoms with Crippen LogP contribution in [0.2, 0.25) is 0 Å². The summed E-state index contributed by atoms with van der Waals surface area (Å²) in [6.45, 7) is 4.21. The van der Waals surface area contributed by atoms with Crippen molar-refractivity contribution in [3.05, 3.63) is 64.0 Å². The Morgan fingerprint density at radius 3 is 2.76 bits per heavy atom. The van der Waals surface area contributed by atoms with Gasteiger partial charge in [-0.2, -0.15) is 0 Å².